The predicted molar refractivity (Wildman–Crippen MR) is 56.4 cm³/mol. The number of aldehydes is 1. The van der Waals surface area contributed by atoms with E-state index in [9.17, 15) is 4.79 Å². The average Bonchev–Trinajstić information content (AvgIpc) is 2.18. The van der Waals surface area contributed by atoms with E-state index in [-0.39, 0.29) is 12.1 Å². The van der Waals surface area contributed by atoms with Crippen LogP contribution in [0.25, 0.3) is 0 Å². The van der Waals surface area contributed by atoms with Gasteiger partial charge < -0.3 is 9.53 Å². The van der Waals surface area contributed by atoms with E-state index in [4.69, 9.17) is 4.74 Å². The first-order valence-corrected chi connectivity index (χ1v) is 5.55. The van der Waals surface area contributed by atoms with E-state index in [0.29, 0.717) is 0 Å². The first kappa shape index (κ1) is 11.7. The van der Waals surface area contributed by atoms with Crippen LogP contribution in [-0.2, 0) is 9.53 Å². The van der Waals surface area contributed by atoms with Crippen LogP contribution in [0.3, 0.4) is 0 Å². The second kappa shape index (κ2) is 6.14. The summed E-state index contributed by atoms with van der Waals surface area (Å²) in [6.45, 7) is 6.75. The Morgan fingerprint density at radius 2 is 2.29 bits per heavy atom. The first-order valence-electron chi connectivity index (χ1n) is 5.55. The molecule has 1 saturated heterocycles. The molecule has 1 heterocycles. The lowest BCUT2D eigenvalue weighted by atomic mass is 10.0. The minimum absolute atomic E-state index is 0.138. The lowest BCUT2D eigenvalue weighted by molar-refractivity contribution is -0.113. The highest BCUT2D eigenvalue weighted by atomic mass is 16.5. The Labute approximate surface area is 86.4 Å². The minimum atomic E-state index is 0.138. The summed E-state index contributed by atoms with van der Waals surface area (Å²) in [5.41, 5.74) is 0. The second-order valence-electron chi connectivity index (χ2n) is 4.15. The Morgan fingerprint density at radius 3 is 2.93 bits per heavy atom. The molecule has 0 aromatic heterocycles. The number of hydrogen-bond acceptors (Lipinski definition) is 3. The normalized spacial score (nSPS) is 24.1. The molecule has 3 heteroatoms. The monoisotopic (exact) mass is 199 g/mol. The van der Waals surface area contributed by atoms with Gasteiger partial charge in [0.15, 0.2) is 0 Å². The van der Waals surface area contributed by atoms with Crippen LogP contribution in [0, 0.1) is 0 Å². The summed E-state index contributed by atoms with van der Waals surface area (Å²) >= 11 is 0. The van der Waals surface area contributed by atoms with Gasteiger partial charge in [0.25, 0.3) is 0 Å². The third-order valence-electron chi connectivity index (χ3n) is 2.65. The standard InChI is InChI=1S/C11H21NO2/c1-10(2)14-8-7-12-6-4-3-5-11(12)9-13/h9-11H,3-8H2,1-2H3. The van der Waals surface area contributed by atoms with Crippen molar-refractivity contribution in [2.75, 3.05) is 19.7 Å². The van der Waals surface area contributed by atoms with Crippen LogP contribution in [0.4, 0.5) is 0 Å². The number of carbonyl (C=O) groups is 1. The van der Waals surface area contributed by atoms with Gasteiger partial charge in [0.1, 0.15) is 6.29 Å². The number of ether oxygens (including phenoxy) is 1. The fourth-order valence-corrected chi connectivity index (χ4v) is 1.85. The number of piperidine rings is 1. The van der Waals surface area contributed by atoms with Crippen LogP contribution >= 0.6 is 0 Å². The molecule has 0 amide bonds. The van der Waals surface area contributed by atoms with Crippen molar-refractivity contribution in [1.82, 2.24) is 4.90 Å². The maximum atomic E-state index is 10.8. The van der Waals surface area contributed by atoms with Crippen molar-refractivity contribution >= 4 is 6.29 Å². The summed E-state index contributed by atoms with van der Waals surface area (Å²) in [4.78, 5) is 13.0. The van der Waals surface area contributed by atoms with Crippen LogP contribution in [0.5, 0.6) is 0 Å². The van der Waals surface area contributed by atoms with Gasteiger partial charge in [0.05, 0.1) is 18.8 Å². The summed E-state index contributed by atoms with van der Waals surface area (Å²) < 4.78 is 5.48. The van der Waals surface area contributed by atoms with Crippen LogP contribution in [-0.4, -0.2) is 43.0 Å². The molecule has 0 spiro atoms. The van der Waals surface area contributed by atoms with Crippen LogP contribution in [0.15, 0.2) is 0 Å². The van der Waals surface area contributed by atoms with E-state index in [1.165, 1.54) is 12.8 Å². The molecule has 3 nitrogen and oxygen atoms in total. The van der Waals surface area contributed by atoms with E-state index in [2.05, 4.69) is 4.90 Å². The van der Waals surface area contributed by atoms with E-state index < -0.39 is 0 Å². The smallest absolute Gasteiger partial charge is 0.137 e. The number of rotatable bonds is 5. The summed E-state index contributed by atoms with van der Waals surface area (Å²) in [6.07, 6.45) is 4.78. The Morgan fingerprint density at radius 1 is 1.50 bits per heavy atom. The zero-order valence-corrected chi connectivity index (χ0v) is 9.24. The minimum Gasteiger partial charge on any atom is -0.377 e. The van der Waals surface area contributed by atoms with Crippen LogP contribution < -0.4 is 0 Å². The third kappa shape index (κ3) is 3.76. The molecule has 1 rings (SSSR count). The lowest BCUT2D eigenvalue weighted by Crippen LogP contribution is -2.42. The van der Waals surface area contributed by atoms with Crippen molar-refractivity contribution in [3.8, 4) is 0 Å². The maximum absolute atomic E-state index is 10.8. The van der Waals surface area contributed by atoms with Gasteiger partial charge in [-0.05, 0) is 33.2 Å². The molecule has 0 radical (unpaired) electrons. The largest absolute Gasteiger partial charge is 0.377 e. The van der Waals surface area contributed by atoms with Gasteiger partial charge in [-0.2, -0.15) is 0 Å². The number of hydrogen-bond donors (Lipinski definition) is 0. The summed E-state index contributed by atoms with van der Waals surface area (Å²) in [6, 6.07) is 0.138. The lowest BCUT2D eigenvalue weighted by Gasteiger charge is -2.32. The highest BCUT2D eigenvalue weighted by molar-refractivity contribution is 5.57. The number of likely N-dealkylation sites (tertiary alicyclic amines) is 1. The molecule has 0 aromatic rings. The molecule has 14 heavy (non-hydrogen) atoms. The fourth-order valence-electron chi connectivity index (χ4n) is 1.85. The molecule has 0 saturated carbocycles. The molecule has 0 bridgehead atoms. The van der Waals surface area contributed by atoms with Crippen LogP contribution in [0.2, 0.25) is 0 Å². The van der Waals surface area contributed by atoms with Gasteiger partial charge >= 0.3 is 0 Å². The molecular formula is C11H21NO2. The first-order chi connectivity index (χ1) is 6.74. The van der Waals surface area contributed by atoms with E-state index in [1.54, 1.807) is 0 Å². The quantitative estimate of drug-likeness (QED) is 0.628. The molecule has 82 valence electrons. The highest BCUT2D eigenvalue weighted by Crippen LogP contribution is 2.14. The zero-order chi connectivity index (χ0) is 10.4. The summed E-state index contributed by atoms with van der Waals surface area (Å²) in [7, 11) is 0. The Balaban J connectivity index is 2.23. The Bertz CT molecular complexity index is 171. The molecule has 1 aliphatic rings. The van der Waals surface area contributed by atoms with E-state index in [0.717, 1.165) is 32.4 Å². The Kier molecular flexibility index (Phi) is 5.12. The van der Waals surface area contributed by atoms with E-state index in [1.807, 2.05) is 13.8 Å². The predicted octanol–water partition coefficient (Wildman–Crippen LogP) is 1.46. The summed E-state index contributed by atoms with van der Waals surface area (Å²) in [5.74, 6) is 0. The third-order valence-corrected chi connectivity index (χ3v) is 2.65. The molecule has 0 N–H and O–H groups in total. The van der Waals surface area contributed by atoms with Gasteiger partial charge in [-0.3, -0.25) is 4.90 Å². The zero-order valence-electron chi connectivity index (χ0n) is 9.24. The molecule has 1 atom stereocenters. The SMILES string of the molecule is CC(C)OCCN1CCCCC1C=O. The second-order valence-corrected chi connectivity index (χ2v) is 4.15. The molecule has 0 aromatic carbocycles. The van der Waals surface area contributed by atoms with Crippen molar-refractivity contribution in [2.24, 2.45) is 0 Å². The summed E-state index contributed by atoms with van der Waals surface area (Å²) in [5, 5.41) is 0. The fraction of sp³-hybridized carbons (Fsp3) is 0.909. The van der Waals surface area contributed by atoms with Gasteiger partial charge in [-0.25, -0.2) is 0 Å². The highest BCUT2D eigenvalue weighted by Gasteiger charge is 2.20. The molecule has 1 fully saturated rings. The van der Waals surface area contributed by atoms with Gasteiger partial charge in [-0.1, -0.05) is 6.42 Å². The Hall–Kier alpha value is -0.410. The van der Waals surface area contributed by atoms with E-state index >= 15 is 0 Å². The topological polar surface area (TPSA) is 29.5 Å². The maximum Gasteiger partial charge on any atom is 0.137 e. The number of carbonyl (C=O) groups excluding carboxylic acids is 1. The van der Waals surface area contributed by atoms with Crippen LogP contribution in [0.1, 0.15) is 33.1 Å². The van der Waals surface area contributed by atoms with Gasteiger partial charge in [-0.15, -0.1) is 0 Å². The van der Waals surface area contributed by atoms with Crippen molar-refractivity contribution in [3.63, 3.8) is 0 Å². The molecule has 1 unspecified atom stereocenters. The van der Waals surface area contributed by atoms with Crippen molar-refractivity contribution in [3.05, 3.63) is 0 Å². The molecular weight excluding hydrogens is 178 g/mol. The molecule has 1 aliphatic heterocycles. The average molecular weight is 199 g/mol. The van der Waals surface area contributed by atoms with Crippen molar-refractivity contribution in [1.29, 1.82) is 0 Å². The molecule has 0 aliphatic carbocycles. The number of nitrogens with zero attached hydrogens (tertiary/aromatic N) is 1. The van der Waals surface area contributed by atoms with Crippen molar-refractivity contribution < 1.29 is 9.53 Å². The van der Waals surface area contributed by atoms with Crippen molar-refractivity contribution in [2.45, 2.75) is 45.3 Å². The van der Waals surface area contributed by atoms with Gasteiger partial charge in [0.2, 0.25) is 0 Å². The van der Waals surface area contributed by atoms with Gasteiger partial charge in [0, 0.05) is 6.54 Å².